The number of aliphatic hydroxyl groups excluding tert-OH is 1. The van der Waals surface area contributed by atoms with Crippen LogP contribution in [0.1, 0.15) is 5.69 Å². The lowest BCUT2D eigenvalue weighted by molar-refractivity contribution is 0.276. The van der Waals surface area contributed by atoms with Crippen LogP contribution in [0.15, 0.2) is 24.3 Å². The van der Waals surface area contributed by atoms with Crippen LogP contribution in [-0.4, -0.2) is 10.1 Å². The molecule has 0 radical (unpaired) electrons. The Labute approximate surface area is 118 Å². The SMILES string of the molecule is OCc1ccc(F)c(-c2cc(Cl)c(Cl)cc2Cl)n1. The van der Waals surface area contributed by atoms with Crippen LogP contribution in [0, 0.1) is 5.82 Å². The minimum Gasteiger partial charge on any atom is -0.390 e. The smallest absolute Gasteiger partial charge is 0.149 e. The highest BCUT2D eigenvalue weighted by molar-refractivity contribution is 6.44. The topological polar surface area (TPSA) is 33.1 Å². The zero-order valence-electron chi connectivity index (χ0n) is 8.92. The molecule has 0 spiro atoms. The van der Waals surface area contributed by atoms with E-state index in [1.807, 2.05) is 0 Å². The van der Waals surface area contributed by atoms with Gasteiger partial charge in [-0.2, -0.15) is 0 Å². The van der Waals surface area contributed by atoms with Crippen molar-refractivity contribution in [3.8, 4) is 11.3 Å². The molecule has 1 aromatic heterocycles. The van der Waals surface area contributed by atoms with Crippen molar-refractivity contribution in [3.05, 3.63) is 50.8 Å². The van der Waals surface area contributed by atoms with E-state index in [1.54, 1.807) is 0 Å². The molecule has 6 heteroatoms. The number of hydrogen-bond donors (Lipinski definition) is 1. The average Bonchev–Trinajstić information content (AvgIpc) is 2.35. The lowest BCUT2D eigenvalue weighted by Gasteiger charge is -2.08. The van der Waals surface area contributed by atoms with Gasteiger partial charge in [-0.25, -0.2) is 9.37 Å². The molecular formula is C12H7Cl3FNO. The Morgan fingerprint density at radius 1 is 1.06 bits per heavy atom. The largest absolute Gasteiger partial charge is 0.390 e. The van der Waals surface area contributed by atoms with Gasteiger partial charge in [-0.1, -0.05) is 34.8 Å². The Balaban J connectivity index is 2.64. The summed E-state index contributed by atoms with van der Waals surface area (Å²) in [6, 6.07) is 5.48. The Kier molecular flexibility index (Phi) is 4.07. The summed E-state index contributed by atoms with van der Waals surface area (Å²) in [4.78, 5) is 3.98. The van der Waals surface area contributed by atoms with Crippen LogP contribution in [0.3, 0.4) is 0 Å². The number of rotatable bonds is 2. The molecule has 0 atom stereocenters. The summed E-state index contributed by atoms with van der Waals surface area (Å²) >= 11 is 17.7. The summed E-state index contributed by atoms with van der Waals surface area (Å²) < 4.78 is 13.7. The molecule has 0 fully saturated rings. The first-order valence-corrected chi connectivity index (χ1v) is 6.07. The molecule has 0 aliphatic heterocycles. The highest BCUT2D eigenvalue weighted by Gasteiger charge is 2.14. The first-order chi connectivity index (χ1) is 8.52. The lowest BCUT2D eigenvalue weighted by atomic mass is 10.1. The van der Waals surface area contributed by atoms with Gasteiger partial charge in [0, 0.05) is 5.56 Å². The predicted octanol–water partition coefficient (Wildman–Crippen LogP) is 4.34. The van der Waals surface area contributed by atoms with Crippen molar-refractivity contribution in [3.63, 3.8) is 0 Å². The van der Waals surface area contributed by atoms with Crippen molar-refractivity contribution in [2.24, 2.45) is 0 Å². The zero-order valence-corrected chi connectivity index (χ0v) is 11.2. The van der Waals surface area contributed by atoms with E-state index in [2.05, 4.69) is 4.98 Å². The van der Waals surface area contributed by atoms with Gasteiger partial charge in [0.2, 0.25) is 0 Å². The number of aliphatic hydroxyl groups is 1. The Hall–Kier alpha value is -0.870. The second kappa shape index (κ2) is 5.41. The average molecular weight is 307 g/mol. The third kappa shape index (κ3) is 2.59. The molecule has 0 saturated heterocycles. The molecule has 18 heavy (non-hydrogen) atoms. The van der Waals surface area contributed by atoms with Crippen LogP contribution < -0.4 is 0 Å². The van der Waals surface area contributed by atoms with E-state index < -0.39 is 5.82 Å². The monoisotopic (exact) mass is 305 g/mol. The molecular weight excluding hydrogens is 299 g/mol. The van der Waals surface area contributed by atoms with E-state index in [1.165, 1.54) is 24.3 Å². The standard InChI is InChI=1S/C12H7Cl3FNO/c13-8-4-10(15)9(14)3-7(8)12-11(16)2-1-6(5-18)17-12/h1-4,18H,5H2. The quantitative estimate of drug-likeness (QED) is 0.837. The van der Waals surface area contributed by atoms with Crippen molar-refractivity contribution in [1.29, 1.82) is 0 Å². The second-order valence-corrected chi connectivity index (χ2v) is 4.76. The predicted molar refractivity (Wildman–Crippen MR) is 70.6 cm³/mol. The minimum absolute atomic E-state index is 0.0325. The number of nitrogens with zero attached hydrogens (tertiary/aromatic N) is 1. The second-order valence-electron chi connectivity index (χ2n) is 3.54. The van der Waals surface area contributed by atoms with Gasteiger partial charge < -0.3 is 5.11 Å². The Bertz CT molecular complexity index is 604. The molecule has 0 bridgehead atoms. The van der Waals surface area contributed by atoms with Crippen LogP contribution in [-0.2, 0) is 6.61 Å². The van der Waals surface area contributed by atoms with Crippen molar-refractivity contribution in [2.75, 3.05) is 0 Å². The molecule has 1 aromatic carbocycles. The Morgan fingerprint density at radius 2 is 1.72 bits per heavy atom. The third-order valence-corrected chi connectivity index (χ3v) is 3.37. The molecule has 0 saturated carbocycles. The van der Waals surface area contributed by atoms with Gasteiger partial charge in [0.25, 0.3) is 0 Å². The fourth-order valence-electron chi connectivity index (χ4n) is 1.46. The number of hydrogen-bond acceptors (Lipinski definition) is 2. The van der Waals surface area contributed by atoms with Gasteiger partial charge in [0.05, 0.1) is 27.4 Å². The normalized spacial score (nSPS) is 10.7. The Morgan fingerprint density at radius 3 is 2.39 bits per heavy atom. The maximum absolute atomic E-state index is 13.7. The highest BCUT2D eigenvalue weighted by Crippen LogP contribution is 2.35. The van der Waals surface area contributed by atoms with Crippen molar-refractivity contribution < 1.29 is 9.50 Å². The molecule has 0 unspecified atom stereocenters. The molecule has 2 rings (SSSR count). The summed E-state index contributed by atoms with van der Waals surface area (Å²) in [7, 11) is 0. The minimum atomic E-state index is -0.549. The van der Waals surface area contributed by atoms with Gasteiger partial charge >= 0.3 is 0 Å². The maximum Gasteiger partial charge on any atom is 0.149 e. The van der Waals surface area contributed by atoms with E-state index in [0.717, 1.165) is 0 Å². The van der Waals surface area contributed by atoms with Crippen LogP contribution in [0.25, 0.3) is 11.3 Å². The van der Waals surface area contributed by atoms with E-state index in [-0.39, 0.29) is 27.4 Å². The summed E-state index contributed by atoms with van der Waals surface area (Å²) in [6.45, 7) is -0.285. The summed E-state index contributed by atoms with van der Waals surface area (Å²) in [6.07, 6.45) is 0. The van der Waals surface area contributed by atoms with Crippen molar-refractivity contribution in [1.82, 2.24) is 4.98 Å². The molecule has 1 N–H and O–H groups in total. The summed E-state index contributed by atoms with van der Waals surface area (Å²) in [5, 5.41) is 9.78. The number of pyridine rings is 1. The van der Waals surface area contributed by atoms with Crippen LogP contribution in [0.5, 0.6) is 0 Å². The van der Waals surface area contributed by atoms with Crippen LogP contribution in [0.4, 0.5) is 4.39 Å². The van der Waals surface area contributed by atoms with E-state index in [9.17, 15) is 4.39 Å². The molecule has 1 heterocycles. The van der Waals surface area contributed by atoms with E-state index in [0.29, 0.717) is 11.3 Å². The first-order valence-electron chi connectivity index (χ1n) is 4.94. The van der Waals surface area contributed by atoms with Gasteiger partial charge in [0.1, 0.15) is 11.5 Å². The number of halogens is 4. The molecule has 0 amide bonds. The first kappa shape index (κ1) is 13.6. The van der Waals surface area contributed by atoms with Crippen LogP contribution in [0.2, 0.25) is 15.1 Å². The summed E-state index contributed by atoms with van der Waals surface area (Å²) in [5.74, 6) is -0.549. The van der Waals surface area contributed by atoms with Crippen LogP contribution >= 0.6 is 34.8 Å². The highest BCUT2D eigenvalue weighted by atomic mass is 35.5. The summed E-state index contributed by atoms with van der Waals surface area (Å²) in [5.41, 5.74) is 0.706. The maximum atomic E-state index is 13.7. The zero-order chi connectivity index (χ0) is 13.3. The van der Waals surface area contributed by atoms with Gasteiger partial charge in [0.15, 0.2) is 0 Å². The van der Waals surface area contributed by atoms with Gasteiger partial charge in [-0.3, -0.25) is 0 Å². The molecule has 0 aliphatic rings. The van der Waals surface area contributed by atoms with E-state index >= 15 is 0 Å². The van der Waals surface area contributed by atoms with Gasteiger partial charge in [-0.05, 0) is 24.3 Å². The van der Waals surface area contributed by atoms with Crippen molar-refractivity contribution >= 4 is 34.8 Å². The molecule has 94 valence electrons. The lowest BCUT2D eigenvalue weighted by Crippen LogP contribution is -1.96. The number of benzene rings is 1. The molecule has 2 nitrogen and oxygen atoms in total. The fraction of sp³-hybridized carbons (Fsp3) is 0.0833. The van der Waals surface area contributed by atoms with Gasteiger partial charge in [-0.15, -0.1) is 0 Å². The molecule has 2 aromatic rings. The molecule has 0 aliphatic carbocycles. The fourth-order valence-corrected chi connectivity index (χ4v) is 2.10. The van der Waals surface area contributed by atoms with E-state index in [4.69, 9.17) is 39.9 Å². The number of aromatic nitrogens is 1. The van der Waals surface area contributed by atoms with Crippen molar-refractivity contribution in [2.45, 2.75) is 6.61 Å². The third-order valence-electron chi connectivity index (χ3n) is 2.33.